The third-order valence-electron chi connectivity index (χ3n) is 2.85. The second-order valence-electron chi connectivity index (χ2n) is 4.14. The van der Waals surface area contributed by atoms with Crippen molar-refractivity contribution in [2.24, 2.45) is 0 Å². The molecule has 1 heterocycles. The standard InChI is InChI=1S/C12H13BrN4O2/c1-7-12(13)8(2)16(15-7)10-4-9(14-3)5-11(6-10)17(18)19/h4-6,14H,1-3H3. The molecule has 0 aliphatic rings. The number of benzene rings is 1. The fourth-order valence-electron chi connectivity index (χ4n) is 1.84. The van der Waals surface area contributed by atoms with Gasteiger partial charge in [-0.1, -0.05) is 0 Å². The number of rotatable bonds is 3. The van der Waals surface area contributed by atoms with Crippen molar-refractivity contribution in [3.8, 4) is 5.69 Å². The molecule has 100 valence electrons. The van der Waals surface area contributed by atoms with Crippen LogP contribution in [0.1, 0.15) is 11.4 Å². The van der Waals surface area contributed by atoms with Crippen LogP contribution in [0.5, 0.6) is 0 Å². The molecule has 0 saturated heterocycles. The van der Waals surface area contributed by atoms with Crippen molar-refractivity contribution < 1.29 is 4.92 Å². The van der Waals surface area contributed by atoms with Gasteiger partial charge in [-0.3, -0.25) is 10.1 Å². The minimum Gasteiger partial charge on any atom is -0.388 e. The molecule has 0 aliphatic heterocycles. The molecule has 0 aliphatic carbocycles. The normalized spacial score (nSPS) is 10.5. The van der Waals surface area contributed by atoms with Crippen molar-refractivity contribution in [2.75, 3.05) is 12.4 Å². The van der Waals surface area contributed by atoms with Gasteiger partial charge in [-0.25, -0.2) is 4.68 Å². The lowest BCUT2D eigenvalue weighted by Gasteiger charge is -2.07. The third kappa shape index (κ3) is 2.46. The maximum absolute atomic E-state index is 10.9. The molecule has 1 aromatic carbocycles. The topological polar surface area (TPSA) is 73.0 Å². The first-order valence-corrected chi connectivity index (χ1v) is 6.42. The van der Waals surface area contributed by atoms with Gasteiger partial charge < -0.3 is 5.32 Å². The first-order chi connectivity index (χ1) is 8.93. The highest BCUT2D eigenvalue weighted by Crippen LogP contribution is 2.27. The molecular weight excluding hydrogens is 312 g/mol. The van der Waals surface area contributed by atoms with Crippen LogP contribution in [-0.4, -0.2) is 21.8 Å². The van der Waals surface area contributed by atoms with Crippen LogP contribution in [0.3, 0.4) is 0 Å². The first-order valence-electron chi connectivity index (χ1n) is 5.63. The zero-order chi connectivity index (χ0) is 14.2. The predicted octanol–water partition coefficient (Wildman–Crippen LogP) is 3.20. The van der Waals surface area contributed by atoms with Gasteiger partial charge in [0.15, 0.2) is 0 Å². The van der Waals surface area contributed by atoms with Crippen molar-refractivity contribution in [2.45, 2.75) is 13.8 Å². The van der Waals surface area contributed by atoms with Crippen LogP contribution in [0.15, 0.2) is 22.7 Å². The van der Waals surface area contributed by atoms with Crippen LogP contribution < -0.4 is 5.32 Å². The fourth-order valence-corrected chi connectivity index (χ4v) is 2.09. The molecule has 0 radical (unpaired) electrons. The Bertz CT molecular complexity index is 651. The molecular formula is C12H13BrN4O2. The van der Waals surface area contributed by atoms with E-state index in [1.165, 1.54) is 12.1 Å². The molecule has 0 saturated carbocycles. The van der Waals surface area contributed by atoms with E-state index in [9.17, 15) is 10.1 Å². The van der Waals surface area contributed by atoms with Gasteiger partial charge in [-0.15, -0.1) is 0 Å². The van der Waals surface area contributed by atoms with Crippen molar-refractivity contribution in [1.29, 1.82) is 0 Å². The number of nitrogens with one attached hydrogen (secondary N) is 1. The molecule has 0 spiro atoms. The summed E-state index contributed by atoms with van der Waals surface area (Å²) in [6.45, 7) is 3.78. The van der Waals surface area contributed by atoms with Crippen LogP contribution >= 0.6 is 15.9 Å². The largest absolute Gasteiger partial charge is 0.388 e. The van der Waals surface area contributed by atoms with E-state index in [2.05, 4.69) is 26.3 Å². The summed E-state index contributed by atoms with van der Waals surface area (Å²) < 4.78 is 2.60. The summed E-state index contributed by atoms with van der Waals surface area (Å²) >= 11 is 3.45. The predicted molar refractivity (Wildman–Crippen MR) is 76.9 cm³/mol. The van der Waals surface area contributed by atoms with Gasteiger partial charge in [-0.2, -0.15) is 5.10 Å². The Kier molecular flexibility index (Phi) is 3.57. The van der Waals surface area contributed by atoms with Gasteiger partial charge in [0.05, 0.1) is 26.5 Å². The SMILES string of the molecule is CNc1cc(-n2nc(C)c(Br)c2C)cc([N+](=O)[O-])c1. The number of aromatic nitrogens is 2. The van der Waals surface area contributed by atoms with Gasteiger partial charge in [0, 0.05) is 24.9 Å². The molecule has 1 N–H and O–H groups in total. The van der Waals surface area contributed by atoms with E-state index in [1.54, 1.807) is 11.7 Å². The summed E-state index contributed by atoms with van der Waals surface area (Å²) in [6.07, 6.45) is 0. The zero-order valence-electron chi connectivity index (χ0n) is 10.8. The van der Waals surface area contributed by atoms with E-state index in [4.69, 9.17) is 0 Å². The highest BCUT2D eigenvalue weighted by atomic mass is 79.9. The number of nitro groups is 1. The molecule has 19 heavy (non-hydrogen) atoms. The smallest absolute Gasteiger partial charge is 0.273 e. The average Bonchev–Trinajstić information content (AvgIpc) is 2.66. The maximum Gasteiger partial charge on any atom is 0.273 e. The Labute approximate surface area is 118 Å². The van der Waals surface area contributed by atoms with Gasteiger partial charge in [0.2, 0.25) is 0 Å². The summed E-state index contributed by atoms with van der Waals surface area (Å²) in [5.41, 5.74) is 3.11. The fraction of sp³-hybridized carbons (Fsp3) is 0.250. The quantitative estimate of drug-likeness (QED) is 0.695. The minimum absolute atomic E-state index is 0.0329. The summed E-state index contributed by atoms with van der Waals surface area (Å²) in [7, 11) is 1.72. The summed E-state index contributed by atoms with van der Waals surface area (Å²) in [5, 5.41) is 18.2. The monoisotopic (exact) mass is 324 g/mol. The van der Waals surface area contributed by atoms with Crippen molar-refractivity contribution >= 4 is 27.3 Å². The van der Waals surface area contributed by atoms with Gasteiger partial charge >= 0.3 is 0 Å². The van der Waals surface area contributed by atoms with Crippen molar-refractivity contribution in [1.82, 2.24) is 9.78 Å². The lowest BCUT2D eigenvalue weighted by atomic mass is 10.2. The van der Waals surface area contributed by atoms with E-state index < -0.39 is 4.92 Å². The minimum atomic E-state index is -0.412. The van der Waals surface area contributed by atoms with E-state index in [0.717, 1.165) is 15.9 Å². The number of aryl methyl sites for hydroxylation is 1. The third-order valence-corrected chi connectivity index (χ3v) is 4.00. The van der Waals surface area contributed by atoms with E-state index >= 15 is 0 Å². The molecule has 0 unspecified atom stereocenters. The lowest BCUT2D eigenvalue weighted by molar-refractivity contribution is -0.384. The van der Waals surface area contributed by atoms with Gasteiger partial charge in [0.1, 0.15) is 0 Å². The number of hydrogen-bond acceptors (Lipinski definition) is 4. The van der Waals surface area contributed by atoms with Crippen LogP contribution in [0.25, 0.3) is 5.69 Å². The van der Waals surface area contributed by atoms with Crippen LogP contribution in [0, 0.1) is 24.0 Å². The van der Waals surface area contributed by atoms with Crippen LogP contribution in [0.4, 0.5) is 11.4 Å². The number of anilines is 1. The molecule has 2 aromatic rings. The average molecular weight is 325 g/mol. The van der Waals surface area contributed by atoms with Crippen LogP contribution in [-0.2, 0) is 0 Å². The van der Waals surface area contributed by atoms with E-state index in [-0.39, 0.29) is 5.69 Å². The lowest BCUT2D eigenvalue weighted by Crippen LogP contribution is -2.02. The zero-order valence-corrected chi connectivity index (χ0v) is 12.4. The Morgan fingerprint density at radius 2 is 2.05 bits per heavy atom. The van der Waals surface area contributed by atoms with E-state index in [1.807, 2.05) is 19.9 Å². The van der Waals surface area contributed by atoms with Crippen molar-refractivity contribution in [3.63, 3.8) is 0 Å². The van der Waals surface area contributed by atoms with Gasteiger partial charge in [0.25, 0.3) is 5.69 Å². The molecule has 7 heteroatoms. The van der Waals surface area contributed by atoms with Gasteiger partial charge in [-0.05, 0) is 35.8 Å². The van der Waals surface area contributed by atoms with E-state index in [0.29, 0.717) is 11.4 Å². The second kappa shape index (κ2) is 5.00. The first kappa shape index (κ1) is 13.5. The van der Waals surface area contributed by atoms with Crippen LogP contribution in [0.2, 0.25) is 0 Å². The Morgan fingerprint density at radius 3 is 2.53 bits per heavy atom. The summed E-state index contributed by atoms with van der Waals surface area (Å²) in [5.74, 6) is 0. The summed E-state index contributed by atoms with van der Waals surface area (Å²) in [4.78, 5) is 10.5. The highest BCUT2D eigenvalue weighted by molar-refractivity contribution is 9.10. The number of non-ortho nitro benzene ring substituents is 1. The summed E-state index contributed by atoms with van der Waals surface area (Å²) in [6, 6.07) is 4.82. The Balaban J connectivity index is 2.64. The number of nitrogens with zero attached hydrogens (tertiary/aromatic N) is 3. The second-order valence-corrected chi connectivity index (χ2v) is 4.93. The highest BCUT2D eigenvalue weighted by Gasteiger charge is 2.15. The molecule has 0 amide bonds. The number of nitro benzene ring substituents is 1. The maximum atomic E-state index is 10.9. The molecule has 0 bridgehead atoms. The molecule has 0 fully saturated rings. The number of halogens is 1. The molecule has 1 aromatic heterocycles. The molecule has 0 atom stereocenters. The molecule has 2 rings (SSSR count). The Hall–Kier alpha value is -1.89. The Morgan fingerprint density at radius 1 is 1.37 bits per heavy atom. The molecule has 6 nitrogen and oxygen atoms in total. The van der Waals surface area contributed by atoms with Crippen molar-refractivity contribution in [3.05, 3.63) is 44.2 Å². The number of hydrogen-bond donors (Lipinski definition) is 1.